The fourth-order valence-corrected chi connectivity index (χ4v) is 3.16. The number of rotatable bonds is 7. The Labute approximate surface area is 148 Å². The van der Waals surface area contributed by atoms with Crippen molar-refractivity contribution in [2.24, 2.45) is 5.92 Å². The number of nitriles is 1. The standard InChI is InChI=1S/C19H25N3O3/c1-3-22(11-18(23)21-19(2,13-20)14-8-9-14)10-15-12-24-16-6-4-5-7-17(16)25-15/h4-7,14-15H,3,8-12H2,1-2H3,(H,21,23). The van der Waals surface area contributed by atoms with Gasteiger partial charge in [-0.25, -0.2) is 0 Å². The summed E-state index contributed by atoms with van der Waals surface area (Å²) in [7, 11) is 0. The van der Waals surface area contributed by atoms with Gasteiger partial charge in [-0.15, -0.1) is 0 Å². The van der Waals surface area contributed by atoms with Crippen molar-refractivity contribution in [1.29, 1.82) is 5.26 Å². The molecular formula is C19H25N3O3. The molecule has 3 rings (SSSR count). The number of carbonyl (C=O) groups is 1. The second kappa shape index (κ2) is 7.32. The molecule has 1 saturated carbocycles. The molecule has 1 aliphatic heterocycles. The van der Waals surface area contributed by atoms with Gasteiger partial charge in [0, 0.05) is 6.54 Å². The van der Waals surface area contributed by atoms with Crippen LogP contribution >= 0.6 is 0 Å². The Morgan fingerprint density at radius 1 is 1.40 bits per heavy atom. The lowest BCUT2D eigenvalue weighted by Crippen LogP contribution is -2.51. The third-order valence-electron chi connectivity index (χ3n) is 4.87. The number of amides is 1. The number of hydrogen-bond donors (Lipinski definition) is 1. The van der Waals surface area contributed by atoms with Gasteiger partial charge < -0.3 is 14.8 Å². The molecule has 6 heteroatoms. The van der Waals surface area contributed by atoms with Crippen LogP contribution in [0.2, 0.25) is 0 Å². The topological polar surface area (TPSA) is 74.6 Å². The molecule has 2 aliphatic rings. The molecule has 0 saturated heterocycles. The van der Waals surface area contributed by atoms with Crippen LogP contribution in [-0.4, -0.2) is 48.7 Å². The second-order valence-corrected chi connectivity index (χ2v) is 6.96. The van der Waals surface area contributed by atoms with Crippen molar-refractivity contribution in [1.82, 2.24) is 10.2 Å². The van der Waals surface area contributed by atoms with Crippen molar-refractivity contribution < 1.29 is 14.3 Å². The average Bonchev–Trinajstić information content (AvgIpc) is 3.46. The summed E-state index contributed by atoms with van der Waals surface area (Å²) < 4.78 is 11.7. The largest absolute Gasteiger partial charge is 0.486 e. The highest BCUT2D eigenvalue weighted by Crippen LogP contribution is 2.39. The molecule has 0 bridgehead atoms. The van der Waals surface area contributed by atoms with E-state index in [0.717, 1.165) is 30.9 Å². The van der Waals surface area contributed by atoms with E-state index in [9.17, 15) is 10.1 Å². The first kappa shape index (κ1) is 17.6. The normalized spacial score (nSPS) is 21.3. The smallest absolute Gasteiger partial charge is 0.235 e. The van der Waals surface area contributed by atoms with Gasteiger partial charge in [0.15, 0.2) is 11.5 Å². The molecule has 0 radical (unpaired) electrons. The zero-order valence-electron chi connectivity index (χ0n) is 14.8. The van der Waals surface area contributed by atoms with E-state index in [-0.39, 0.29) is 24.5 Å². The molecule has 134 valence electrons. The highest BCUT2D eigenvalue weighted by molar-refractivity contribution is 5.79. The number of likely N-dealkylation sites (N-methyl/N-ethyl adjacent to an activating group) is 1. The van der Waals surface area contributed by atoms with E-state index in [0.29, 0.717) is 13.2 Å². The molecular weight excluding hydrogens is 318 g/mol. The van der Waals surface area contributed by atoms with Crippen LogP contribution in [0, 0.1) is 17.2 Å². The number of fused-ring (bicyclic) bond motifs is 1. The van der Waals surface area contributed by atoms with Gasteiger partial charge in [0.1, 0.15) is 18.2 Å². The van der Waals surface area contributed by atoms with Gasteiger partial charge in [-0.3, -0.25) is 9.69 Å². The lowest BCUT2D eigenvalue weighted by Gasteiger charge is -2.31. The molecule has 1 heterocycles. The van der Waals surface area contributed by atoms with Gasteiger partial charge >= 0.3 is 0 Å². The Hall–Kier alpha value is -2.26. The van der Waals surface area contributed by atoms with E-state index in [2.05, 4.69) is 11.4 Å². The van der Waals surface area contributed by atoms with Gasteiger partial charge in [-0.2, -0.15) is 5.26 Å². The number of para-hydroxylation sites is 2. The van der Waals surface area contributed by atoms with Crippen molar-refractivity contribution in [3.05, 3.63) is 24.3 Å². The third kappa shape index (κ3) is 4.23. The van der Waals surface area contributed by atoms with Gasteiger partial charge in [-0.1, -0.05) is 19.1 Å². The highest BCUT2D eigenvalue weighted by Gasteiger charge is 2.43. The van der Waals surface area contributed by atoms with Crippen molar-refractivity contribution in [3.8, 4) is 17.6 Å². The van der Waals surface area contributed by atoms with E-state index < -0.39 is 5.54 Å². The minimum absolute atomic E-state index is 0.116. The minimum atomic E-state index is -0.750. The summed E-state index contributed by atoms with van der Waals surface area (Å²) in [5.74, 6) is 1.66. The summed E-state index contributed by atoms with van der Waals surface area (Å²) in [6, 6.07) is 9.86. The van der Waals surface area contributed by atoms with Crippen LogP contribution in [0.1, 0.15) is 26.7 Å². The van der Waals surface area contributed by atoms with Crippen LogP contribution in [0.5, 0.6) is 11.5 Å². The summed E-state index contributed by atoms with van der Waals surface area (Å²) in [5, 5.41) is 12.3. The molecule has 1 aromatic rings. The van der Waals surface area contributed by atoms with Crippen LogP contribution in [0.25, 0.3) is 0 Å². The molecule has 2 atom stereocenters. The first-order valence-electron chi connectivity index (χ1n) is 8.87. The van der Waals surface area contributed by atoms with Gasteiger partial charge in [0.2, 0.25) is 5.91 Å². The van der Waals surface area contributed by atoms with Gasteiger partial charge in [-0.05, 0) is 44.4 Å². The molecule has 2 unspecified atom stereocenters. The van der Waals surface area contributed by atoms with E-state index in [4.69, 9.17) is 9.47 Å². The lowest BCUT2D eigenvalue weighted by molar-refractivity contribution is -0.124. The van der Waals surface area contributed by atoms with Crippen molar-refractivity contribution in [3.63, 3.8) is 0 Å². The molecule has 6 nitrogen and oxygen atoms in total. The van der Waals surface area contributed by atoms with E-state index in [1.54, 1.807) is 0 Å². The molecule has 1 amide bonds. The predicted octanol–water partition coefficient (Wildman–Crippen LogP) is 1.96. The summed E-state index contributed by atoms with van der Waals surface area (Å²) in [4.78, 5) is 14.4. The Bertz CT molecular complexity index is 668. The lowest BCUT2D eigenvalue weighted by atomic mass is 9.98. The van der Waals surface area contributed by atoms with Crippen LogP contribution in [0.15, 0.2) is 24.3 Å². The van der Waals surface area contributed by atoms with Crippen LogP contribution in [0.3, 0.4) is 0 Å². The van der Waals surface area contributed by atoms with E-state index in [1.807, 2.05) is 43.0 Å². The number of ether oxygens (including phenoxy) is 2. The molecule has 1 aromatic carbocycles. The number of carbonyl (C=O) groups excluding carboxylic acids is 1. The quantitative estimate of drug-likeness (QED) is 0.819. The Balaban J connectivity index is 1.53. The predicted molar refractivity (Wildman–Crippen MR) is 93.4 cm³/mol. The monoisotopic (exact) mass is 343 g/mol. The van der Waals surface area contributed by atoms with Crippen molar-refractivity contribution in [2.45, 2.75) is 38.3 Å². The first-order chi connectivity index (χ1) is 12.0. The molecule has 1 aliphatic carbocycles. The molecule has 0 aromatic heterocycles. The van der Waals surface area contributed by atoms with E-state index in [1.165, 1.54) is 0 Å². The summed E-state index contributed by atoms with van der Waals surface area (Å²) in [5.41, 5.74) is -0.750. The maximum atomic E-state index is 12.4. The number of nitrogens with one attached hydrogen (secondary N) is 1. The second-order valence-electron chi connectivity index (χ2n) is 6.96. The van der Waals surface area contributed by atoms with Crippen LogP contribution in [0.4, 0.5) is 0 Å². The molecule has 25 heavy (non-hydrogen) atoms. The highest BCUT2D eigenvalue weighted by atomic mass is 16.6. The minimum Gasteiger partial charge on any atom is -0.486 e. The van der Waals surface area contributed by atoms with Gasteiger partial charge in [0.05, 0.1) is 12.6 Å². The molecule has 1 N–H and O–H groups in total. The van der Waals surface area contributed by atoms with Crippen LogP contribution < -0.4 is 14.8 Å². The Morgan fingerprint density at radius 2 is 2.12 bits per heavy atom. The summed E-state index contributed by atoms with van der Waals surface area (Å²) >= 11 is 0. The Kier molecular flexibility index (Phi) is 5.14. The zero-order valence-corrected chi connectivity index (χ0v) is 14.8. The van der Waals surface area contributed by atoms with Crippen molar-refractivity contribution in [2.75, 3.05) is 26.2 Å². The zero-order chi connectivity index (χ0) is 17.9. The van der Waals surface area contributed by atoms with Gasteiger partial charge in [0.25, 0.3) is 0 Å². The maximum absolute atomic E-state index is 12.4. The first-order valence-corrected chi connectivity index (χ1v) is 8.87. The molecule has 1 fully saturated rings. The fourth-order valence-electron chi connectivity index (χ4n) is 3.16. The molecule has 0 spiro atoms. The van der Waals surface area contributed by atoms with Crippen LogP contribution in [-0.2, 0) is 4.79 Å². The van der Waals surface area contributed by atoms with Crippen molar-refractivity contribution >= 4 is 5.91 Å². The average molecular weight is 343 g/mol. The Morgan fingerprint density at radius 3 is 2.76 bits per heavy atom. The SMILES string of the molecule is CCN(CC(=O)NC(C)(C#N)C1CC1)CC1COc2ccccc2O1. The maximum Gasteiger partial charge on any atom is 0.235 e. The number of nitrogens with zero attached hydrogens (tertiary/aromatic N) is 2. The summed E-state index contributed by atoms with van der Waals surface area (Å²) in [6.07, 6.45) is 1.90. The van der Waals surface area contributed by atoms with E-state index >= 15 is 0 Å². The third-order valence-corrected chi connectivity index (χ3v) is 4.87. The fraction of sp³-hybridized carbons (Fsp3) is 0.579. The number of benzene rings is 1. The summed E-state index contributed by atoms with van der Waals surface area (Å²) in [6.45, 7) is 5.87. The number of hydrogen-bond acceptors (Lipinski definition) is 5.